The second-order valence-electron chi connectivity index (χ2n) is 12.2. The third-order valence-electron chi connectivity index (χ3n) is 9.21. The molecule has 47 heavy (non-hydrogen) atoms. The van der Waals surface area contributed by atoms with Crippen LogP contribution in [0, 0.1) is 0 Å². The minimum Gasteiger partial charge on any atom is -0.456 e. The summed E-state index contributed by atoms with van der Waals surface area (Å²) in [6.07, 6.45) is 1.61. The fourth-order valence-corrected chi connectivity index (χ4v) is 6.70. The Kier molecular flexibility index (Phi) is 6.46. The second-order valence-corrected chi connectivity index (χ2v) is 12.2. The number of allylic oxidation sites excluding steroid dienone is 1. The first kappa shape index (κ1) is 27.3. The zero-order valence-corrected chi connectivity index (χ0v) is 25.9. The molecule has 0 saturated carbocycles. The number of hydrogen-bond donors (Lipinski definition) is 0. The van der Waals surface area contributed by atoms with Crippen LogP contribution in [0.25, 0.3) is 60.7 Å². The monoisotopic (exact) mass is 606 g/mol. The first-order valence-corrected chi connectivity index (χ1v) is 16.0. The largest absolute Gasteiger partial charge is 0.456 e. The van der Waals surface area contributed by atoms with Gasteiger partial charge in [0, 0.05) is 32.7 Å². The van der Waals surface area contributed by atoms with Crippen molar-refractivity contribution in [3.05, 3.63) is 162 Å². The van der Waals surface area contributed by atoms with E-state index < -0.39 is 0 Å². The molecule has 8 aromatic rings. The SMILES string of the molecule is C/C1=C(c2ccc(-c3ccccc3)cc2)/N=C(c2ccc3c(c2)oc2ccccc23)\N=C(\c2ccc3c(c2)oc2ccccc23)CC1. The topological polar surface area (TPSA) is 51.0 Å². The Hall–Kier alpha value is -6.00. The summed E-state index contributed by atoms with van der Waals surface area (Å²) in [5, 5.41) is 4.42. The van der Waals surface area contributed by atoms with E-state index in [0.29, 0.717) is 5.84 Å². The third kappa shape index (κ3) is 4.86. The standard InChI is InChI=1S/C43H30N2O2/c1-27-15-24-37(31-20-22-35-33-11-5-7-13-38(33)46-40(35)25-31)44-43(32-21-23-36-34-12-6-8-14-39(34)47-41(36)26-32)45-42(27)30-18-16-29(17-19-30)28-9-3-2-4-10-28/h2-14,16-23,25-26H,15,24H2,1H3/b42-27-,44-37+,45-43-. The Labute approximate surface area is 272 Å². The molecule has 0 N–H and O–H groups in total. The fourth-order valence-electron chi connectivity index (χ4n) is 6.70. The van der Waals surface area contributed by atoms with Gasteiger partial charge >= 0.3 is 0 Å². The Balaban J connectivity index is 1.19. The van der Waals surface area contributed by atoms with Crippen LogP contribution in [0.1, 0.15) is 36.5 Å². The highest BCUT2D eigenvalue weighted by atomic mass is 16.3. The van der Waals surface area contributed by atoms with Gasteiger partial charge in [-0.15, -0.1) is 0 Å². The number of amidine groups is 1. The van der Waals surface area contributed by atoms with Crippen molar-refractivity contribution >= 4 is 61.1 Å². The van der Waals surface area contributed by atoms with E-state index in [1.165, 1.54) is 16.7 Å². The molecule has 0 atom stereocenters. The van der Waals surface area contributed by atoms with Crippen molar-refractivity contribution in [1.82, 2.24) is 0 Å². The quantitative estimate of drug-likeness (QED) is 0.200. The molecule has 1 aliphatic rings. The van der Waals surface area contributed by atoms with Gasteiger partial charge in [-0.05, 0) is 78.4 Å². The Morgan fingerprint density at radius 3 is 1.62 bits per heavy atom. The summed E-state index contributed by atoms with van der Waals surface area (Å²) in [5.41, 5.74) is 12.0. The van der Waals surface area contributed by atoms with Crippen LogP contribution in [-0.2, 0) is 0 Å². The lowest BCUT2D eigenvalue weighted by Gasteiger charge is -2.16. The van der Waals surface area contributed by atoms with Gasteiger partial charge in [0.2, 0.25) is 0 Å². The van der Waals surface area contributed by atoms with Gasteiger partial charge in [-0.1, -0.05) is 103 Å². The summed E-state index contributed by atoms with van der Waals surface area (Å²) < 4.78 is 12.5. The average molecular weight is 607 g/mol. The summed E-state index contributed by atoms with van der Waals surface area (Å²) in [6, 6.07) is 48.2. The molecule has 224 valence electrons. The van der Waals surface area contributed by atoms with E-state index in [2.05, 4.69) is 104 Å². The van der Waals surface area contributed by atoms with E-state index in [1.54, 1.807) is 0 Å². The maximum absolute atomic E-state index is 6.29. The Morgan fingerprint density at radius 1 is 0.426 bits per heavy atom. The smallest absolute Gasteiger partial charge is 0.160 e. The number of nitrogens with zero attached hydrogens (tertiary/aromatic N) is 2. The van der Waals surface area contributed by atoms with Crippen molar-refractivity contribution < 1.29 is 8.83 Å². The van der Waals surface area contributed by atoms with Gasteiger partial charge in [0.05, 0.1) is 11.4 Å². The molecule has 4 heteroatoms. The third-order valence-corrected chi connectivity index (χ3v) is 9.21. The van der Waals surface area contributed by atoms with Gasteiger partial charge in [0.1, 0.15) is 22.3 Å². The summed E-state index contributed by atoms with van der Waals surface area (Å²) in [7, 11) is 0. The summed E-state index contributed by atoms with van der Waals surface area (Å²) in [6.45, 7) is 2.19. The normalized spacial score (nSPS) is 17.8. The number of hydrogen-bond acceptors (Lipinski definition) is 4. The fraction of sp³-hybridized carbons (Fsp3) is 0.0698. The molecule has 0 radical (unpaired) electrons. The number of aliphatic imine (C=N–C) groups is 2. The van der Waals surface area contributed by atoms with Crippen molar-refractivity contribution in [2.45, 2.75) is 19.8 Å². The lowest BCUT2D eigenvalue weighted by Crippen LogP contribution is -2.10. The van der Waals surface area contributed by atoms with Crippen molar-refractivity contribution in [2.24, 2.45) is 9.98 Å². The van der Waals surface area contributed by atoms with E-state index in [4.69, 9.17) is 18.8 Å². The molecule has 0 amide bonds. The van der Waals surface area contributed by atoms with E-state index in [1.807, 2.05) is 42.5 Å². The zero-order chi connectivity index (χ0) is 31.3. The maximum Gasteiger partial charge on any atom is 0.160 e. The summed E-state index contributed by atoms with van der Waals surface area (Å²) in [4.78, 5) is 10.7. The Morgan fingerprint density at radius 2 is 0.936 bits per heavy atom. The lowest BCUT2D eigenvalue weighted by molar-refractivity contribution is 0.668. The molecule has 9 rings (SSSR count). The number of rotatable bonds is 4. The molecule has 2 aromatic heterocycles. The van der Waals surface area contributed by atoms with Crippen molar-refractivity contribution in [1.29, 1.82) is 0 Å². The number of para-hydroxylation sites is 2. The molecule has 1 aliphatic heterocycles. The van der Waals surface area contributed by atoms with E-state index in [9.17, 15) is 0 Å². The Bertz CT molecular complexity index is 2560. The highest BCUT2D eigenvalue weighted by molar-refractivity contribution is 6.17. The van der Waals surface area contributed by atoms with Crippen LogP contribution in [0.3, 0.4) is 0 Å². The van der Waals surface area contributed by atoms with Gasteiger partial charge in [0.25, 0.3) is 0 Å². The second kappa shape index (κ2) is 11.1. The molecule has 0 unspecified atom stereocenters. The van der Waals surface area contributed by atoms with Gasteiger partial charge in [-0.3, -0.25) is 0 Å². The van der Waals surface area contributed by atoms with Crippen molar-refractivity contribution in [3.63, 3.8) is 0 Å². The van der Waals surface area contributed by atoms with E-state index >= 15 is 0 Å². The lowest BCUT2D eigenvalue weighted by atomic mass is 9.96. The molecule has 4 nitrogen and oxygen atoms in total. The van der Waals surface area contributed by atoms with E-state index in [-0.39, 0.29) is 0 Å². The molecule has 0 fully saturated rings. The highest BCUT2D eigenvalue weighted by Crippen LogP contribution is 2.34. The molecular formula is C43H30N2O2. The van der Waals surface area contributed by atoms with E-state index in [0.717, 1.165) is 84.8 Å². The average Bonchev–Trinajstić information content (AvgIpc) is 3.68. The predicted molar refractivity (Wildman–Crippen MR) is 194 cm³/mol. The minimum absolute atomic E-state index is 0.660. The van der Waals surface area contributed by atoms with Crippen LogP contribution in [0.2, 0.25) is 0 Å². The molecule has 0 saturated heterocycles. The van der Waals surface area contributed by atoms with Gasteiger partial charge in [-0.25, -0.2) is 9.98 Å². The molecule has 0 bridgehead atoms. The predicted octanol–water partition coefficient (Wildman–Crippen LogP) is 11.6. The van der Waals surface area contributed by atoms with Crippen LogP contribution in [0.4, 0.5) is 0 Å². The zero-order valence-electron chi connectivity index (χ0n) is 25.9. The minimum atomic E-state index is 0.660. The summed E-state index contributed by atoms with van der Waals surface area (Å²) in [5.74, 6) is 0.660. The van der Waals surface area contributed by atoms with Crippen LogP contribution < -0.4 is 0 Å². The molecular weight excluding hydrogens is 576 g/mol. The van der Waals surface area contributed by atoms with Crippen molar-refractivity contribution in [3.8, 4) is 11.1 Å². The first-order valence-electron chi connectivity index (χ1n) is 16.0. The highest BCUT2D eigenvalue weighted by Gasteiger charge is 2.18. The molecule has 0 spiro atoms. The van der Waals surface area contributed by atoms with Gasteiger partial charge in [0.15, 0.2) is 5.84 Å². The molecule has 3 heterocycles. The van der Waals surface area contributed by atoms with Gasteiger partial charge < -0.3 is 8.83 Å². The maximum atomic E-state index is 6.29. The van der Waals surface area contributed by atoms with Crippen molar-refractivity contribution in [2.75, 3.05) is 0 Å². The van der Waals surface area contributed by atoms with Gasteiger partial charge in [-0.2, -0.15) is 0 Å². The van der Waals surface area contributed by atoms with Crippen LogP contribution in [-0.4, -0.2) is 11.5 Å². The number of furan rings is 2. The number of benzene rings is 6. The molecule has 6 aromatic carbocycles. The van der Waals surface area contributed by atoms with Crippen LogP contribution in [0.15, 0.2) is 164 Å². The number of fused-ring (bicyclic) bond motifs is 6. The van der Waals surface area contributed by atoms with Crippen LogP contribution >= 0.6 is 0 Å². The molecule has 0 aliphatic carbocycles. The summed E-state index contributed by atoms with van der Waals surface area (Å²) >= 11 is 0. The van der Waals surface area contributed by atoms with Crippen LogP contribution in [0.5, 0.6) is 0 Å². The first-order chi connectivity index (χ1) is 23.2.